The van der Waals surface area contributed by atoms with Crippen LogP contribution in [0.5, 0.6) is 0 Å². The number of halogens is 2. The molecule has 12 heteroatoms. The Bertz CT molecular complexity index is 992. The van der Waals surface area contributed by atoms with Crippen LogP contribution in [-0.2, 0) is 0 Å². The van der Waals surface area contributed by atoms with Gasteiger partial charge in [-0.05, 0) is 6.07 Å². The number of rotatable bonds is 4. The van der Waals surface area contributed by atoms with E-state index in [0.29, 0.717) is 21.9 Å². The van der Waals surface area contributed by atoms with E-state index < -0.39 is 4.92 Å². The molecule has 0 bridgehead atoms. The molecule has 2 aromatic heterocycles. The fourth-order valence-corrected chi connectivity index (χ4v) is 3.00. The second-order valence-electron chi connectivity index (χ2n) is 4.59. The SMILES string of the molecule is Cl.NC(N)=N/N=C/c1c(-c2ccc(Cl)c([N+](=O)[O-])c2)nc2sccn12. The lowest BCUT2D eigenvalue weighted by Gasteiger charge is -2.01. The zero-order chi connectivity index (χ0) is 17.3. The lowest BCUT2D eigenvalue weighted by Crippen LogP contribution is -2.21. The number of aromatic nitrogens is 2. The van der Waals surface area contributed by atoms with Crippen LogP contribution in [-0.4, -0.2) is 26.5 Å². The van der Waals surface area contributed by atoms with Crippen molar-refractivity contribution in [1.29, 1.82) is 0 Å². The second-order valence-corrected chi connectivity index (χ2v) is 5.87. The maximum absolute atomic E-state index is 11.1. The molecule has 130 valence electrons. The fraction of sp³-hybridized carbons (Fsp3) is 0. The average molecular weight is 400 g/mol. The molecule has 0 radical (unpaired) electrons. The standard InChI is InChI=1S/C13H10ClN7O2S.ClH/c14-8-2-1-7(5-9(8)21(22)23)11-10(6-17-19-12(15)16)20-3-4-24-13(20)18-11;/h1-6H,(H4,15,16,19);1H/b17-6+;. The number of thiazole rings is 1. The predicted octanol–water partition coefficient (Wildman–Crippen LogP) is 2.65. The van der Waals surface area contributed by atoms with Gasteiger partial charge in [0.15, 0.2) is 4.96 Å². The van der Waals surface area contributed by atoms with Gasteiger partial charge in [0, 0.05) is 23.2 Å². The number of fused-ring (bicyclic) bond motifs is 1. The molecule has 25 heavy (non-hydrogen) atoms. The third-order valence-electron chi connectivity index (χ3n) is 3.07. The van der Waals surface area contributed by atoms with Crippen molar-refractivity contribution >= 4 is 58.2 Å². The number of nitrogens with zero attached hydrogens (tertiary/aromatic N) is 5. The average Bonchev–Trinajstić information content (AvgIpc) is 3.09. The van der Waals surface area contributed by atoms with Gasteiger partial charge in [0.25, 0.3) is 5.69 Å². The van der Waals surface area contributed by atoms with Crippen molar-refractivity contribution in [3.63, 3.8) is 0 Å². The highest BCUT2D eigenvalue weighted by Crippen LogP contribution is 2.32. The van der Waals surface area contributed by atoms with Crippen molar-refractivity contribution < 1.29 is 4.92 Å². The van der Waals surface area contributed by atoms with Crippen molar-refractivity contribution in [2.45, 2.75) is 0 Å². The summed E-state index contributed by atoms with van der Waals surface area (Å²) in [5, 5.41) is 20.4. The van der Waals surface area contributed by atoms with Gasteiger partial charge < -0.3 is 11.5 Å². The zero-order valence-electron chi connectivity index (χ0n) is 12.4. The molecular formula is C13H11Cl2N7O2S. The van der Waals surface area contributed by atoms with Crippen LogP contribution in [0.25, 0.3) is 16.2 Å². The topological polar surface area (TPSA) is 137 Å². The monoisotopic (exact) mass is 399 g/mol. The first-order chi connectivity index (χ1) is 11.5. The van der Waals surface area contributed by atoms with Gasteiger partial charge in [-0.15, -0.1) is 28.8 Å². The summed E-state index contributed by atoms with van der Waals surface area (Å²) in [6.45, 7) is 0. The van der Waals surface area contributed by atoms with E-state index in [1.807, 2.05) is 5.38 Å². The molecule has 0 saturated heterocycles. The number of hydrogen-bond donors (Lipinski definition) is 2. The summed E-state index contributed by atoms with van der Waals surface area (Å²) in [4.78, 5) is 15.7. The van der Waals surface area contributed by atoms with Crippen LogP contribution in [0, 0.1) is 10.1 Å². The van der Waals surface area contributed by atoms with Gasteiger partial charge in [-0.3, -0.25) is 14.5 Å². The number of nitro groups is 1. The van der Waals surface area contributed by atoms with Crippen LogP contribution in [0.1, 0.15) is 5.69 Å². The molecule has 0 saturated carbocycles. The number of imidazole rings is 1. The number of guanidine groups is 1. The molecular weight excluding hydrogens is 389 g/mol. The molecule has 4 N–H and O–H groups in total. The van der Waals surface area contributed by atoms with E-state index in [4.69, 9.17) is 23.1 Å². The van der Waals surface area contributed by atoms with Crippen LogP contribution < -0.4 is 11.5 Å². The number of nitrogens with two attached hydrogens (primary N) is 2. The van der Waals surface area contributed by atoms with Gasteiger partial charge in [-0.25, -0.2) is 4.98 Å². The predicted molar refractivity (Wildman–Crippen MR) is 101 cm³/mol. The van der Waals surface area contributed by atoms with Crippen molar-refractivity contribution in [2.75, 3.05) is 0 Å². The van der Waals surface area contributed by atoms with Crippen LogP contribution in [0.3, 0.4) is 0 Å². The minimum absolute atomic E-state index is 0. The van der Waals surface area contributed by atoms with Gasteiger partial charge in [0.1, 0.15) is 5.02 Å². The van der Waals surface area contributed by atoms with E-state index in [0.717, 1.165) is 0 Å². The molecule has 0 unspecified atom stereocenters. The maximum atomic E-state index is 11.1. The first-order valence-electron chi connectivity index (χ1n) is 6.49. The molecule has 9 nitrogen and oxygen atoms in total. The normalized spacial score (nSPS) is 10.8. The summed E-state index contributed by atoms with van der Waals surface area (Å²) in [5.41, 5.74) is 11.9. The zero-order valence-corrected chi connectivity index (χ0v) is 14.8. The van der Waals surface area contributed by atoms with Crippen LogP contribution >= 0.6 is 35.3 Å². The first-order valence-corrected chi connectivity index (χ1v) is 7.75. The van der Waals surface area contributed by atoms with Gasteiger partial charge in [0.05, 0.1) is 22.5 Å². The summed E-state index contributed by atoms with van der Waals surface area (Å²) in [5.74, 6) is -0.180. The molecule has 0 atom stereocenters. The van der Waals surface area contributed by atoms with Crippen LogP contribution in [0.15, 0.2) is 40.0 Å². The number of hydrogen-bond acceptors (Lipinski definition) is 6. The summed E-state index contributed by atoms with van der Waals surface area (Å²) >= 11 is 7.27. The largest absolute Gasteiger partial charge is 0.369 e. The molecule has 3 rings (SSSR count). The Morgan fingerprint density at radius 2 is 2.20 bits per heavy atom. The quantitative estimate of drug-likeness (QED) is 0.300. The van der Waals surface area contributed by atoms with Crippen molar-refractivity contribution in [3.05, 3.63) is 50.6 Å². The molecule has 2 heterocycles. The Labute approximate surface area is 156 Å². The molecule has 0 aliphatic carbocycles. The molecule has 0 spiro atoms. The molecule has 0 aliphatic rings. The fourth-order valence-electron chi connectivity index (χ4n) is 2.09. The van der Waals surface area contributed by atoms with Gasteiger partial charge in [-0.1, -0.05) is 17.7 Å². The van der Waals surface area contributed by atoms with E-state index >= 15 is 0 Å². The third-order valence-corrected chi connectivity index (χ3v) is 4.14. The third kappa shape index (κ3) is 3.71. The van der Waals surface area contributed by atoms with Crippen molar-refractivity contribution in [3.8, 4) is 11.3 Å². The minimum Gasteiger partial charge on any atom is -0.369 e. The molecule has 0 amide bonds. The summed E-state index contributed by atoms with van der Waals surface area (Å²) in [6, 6.07) is 4.48. The Morgan fingerprint density at radius 1 is 1.44 bits per heavy atom. The van der Waals surface area contributed by atoms with Crippen molar-refractivity contribution in [2.24, 2.45) is 21.7 Å². The lowest BCUT2D eigenvalue weighted by molar-refractivity contribution is -0.384. The Balaban J connectivity index is 0.00000225. The summed E-state index contributed by atoms with van der Waals surface area (Å²) in [6.07, 6.45) is 3.24. The second kappa shape index (κ2) is 7.47. The lowest BCUT2D eigenvalue weighted by atomic mass is 10.1. The van der Waals surface area contributed by atoms with E-state index in [1.54, 1.807) is 16.7 Å². The first kappa shape index (κ1) is 18.6. The molecule has 3 aromatic rings. The smallest absolute Gasteiger partial charge is 0.288 e. The van der Waals surface area contributed by atoms with Crippen LogP contribution in [0.2, 0.25) is 5.02 Å². The van der Waals surface area contributed by atoms with Gasteiger partial charge in [0.2, 0.25) is 5.96 Å². The Kier molecular flexibility index (Phi) is 5.57. The van der Waals surface area contributed by atoms with Crippen molar-refractivity contribution in [1.82, 2.24) is 9.38 Å². The summed E-state index contributed by atoms with van der Waals surface area (Å²) in [7, 11) is 0. The van der Waals surface area contributed by atoms with E-state index in [1.165, 1.54) is 29.7 Å². The number of benzene rings is 1. The number of nitro benzene ring substituents is 1. The van der Waals surface area contributed by atoms with Gasteiger partial charge in [-0.2, -0.15) is 5.10 Å². The Morgan fingerprint density at radius 3 is 2.88 bits per heavy atom. The molecule has 1 aromatic carbocycles. The highest BCUT2D eigenvalue weighted by molar-refractivity contribution is 7.15. The maximum Gasteiger partial charge on any atom is 0.288 e. The van der Waals surface area contributed by atoms with Gasteiger partial charge >= 0.3 is 0 Å². The molecule has 0 fully saturated rings. The highest BCUT2D eigenvalue weighted by Gasteiger charge is 2.18. The van der Waals surface area contributed by atoms with E-state index in [2.05, 4.69) is 15.2 Å². The summed E-state index contributed by atoms with van der Waals surface area (Å²) < 4.78 is 1.78. The van der Waals surface area contributed by atoms with E-state index in [-0.39, 0.29) is 29.1 Å². The van der Waals surface area contributed by atoms with Crippen LogP contribution in [0.4, 0.5) is 5.69 Å². The van der Waals surface area contributed by atoms with E-state index in [9.17, 15) is 10.1 Å². The highest BCUT2D eigenvalue weighted by atomic mass is 35.5. The Hall–Kier alpha value is -2.69. The minimum atomic E-state index is -0.544. The molecule has 0 aliphatic heterocycles.